The van der Waals surface area contributed by atoms with Crippen molar-refractivity contribution in [1.82, 2.24) is 14.4 Å². The molecule has 9 heteroatoms. The second-order valence-corrected chi connectivity index (χ2v) is 8.75. The normalized spacial score (nSPS) is 17.6. The Morgan fingerprint density at radius 3 is 2.82 bits per heavy atom. The van der Waals surface area contributed by atoms with Crippen molar-refractivity contribution in [2.24, 2.45) is 0 Å². The number of hydrogen-bond donors (Lipinski definition) is 1. The van der Waals surface area contributed by atoms with Crippen LogP contribution in [0.25, 0.3) is 11.4 Å². The first-order valence-electron chi connectivity index (χ1n) is 10.9. The van der Waals surface area contributed by atoms with Crippen LogP contribution >= 0.6 is 11.3 Å². The number of aliphatic hydroxyl groups excluding tert-OH is 1. The van der Waals surface area contributed by atoms with Crippen molar-refractivity contribution >= 4 is 39.6 Å². The molecule has 1 N–H and O–H groups in total. The van der Waals surface area contributed by atoms with E-state index in [1.165, 1.54) is 16.2 Å². The minimum Gasteiger partial charge on any atom is -0.505 e. The molecule has 1 fully saturated rings. The second kappa shape index (κ2) is 8.75. The number of ketones is 1. The first-order chi connectivity index (χ1) is 16.5. The highest BCUT2D eigenvalue weighted by atomic mass is 32.1. The lowest BCUT2D eigenvalue weighted by Gasteiger charge is -2.23. The van der Waals surface area contributed by atoms with Gasteiger partial charge in [0.2, 0.25) is 0 Å². The van der Waals surface area contributed by atoms with E-state index in [-0.39, 0.29) is 11.3 Å². The molecule has 5 rings (SSSR count). The molecule has 1 atom stereocenters. The Labute approximate surface area is 199 Å². The van der Waals surface area contributed by atoms with Gasteiger partial charge in [0.25, 0.3) is 5.78 Å². The summed E-state index contributed by atoms with van der Waals surface area (Å²) in [5.41, 5.74) is 2.17. The summed E-state index contributed by atoms with van der Waals surface area (Å²) in [6, 6.07) is 11.8. The molecule has 1 aromatic carbocycles. The third kappa shape index (κ3) is 3.54. The van der Waals surface area contributed by atoms with Crippen molar-refractivity contribution in [2.75, 3.05) is 11.5 Å². The molecule has 0 bridgehead atoms. The van der Waals surface area contributed by atoms with Gasteiger partial charge in [-0.05, 0) is 43.2 Å². The van der Waals surface area contributed by atoms with Gasteiger partial charge in [0.1, 0.15) is 17.1 Å². The number of nitrogens with zero attached hydrogens (tertiary/aromatic N) is 4. The summed E-state index contributed by atoms with van der Waals surface area (Å²) < 4.78 is 7.49. The van der Waals surface area contributed by atoms with Crippen molar-refractivity contribution < 1.29 is 19.4 Å². The Balaban J connectivity index is 1.74. The maximum atomic E-state index is 13.3. The summed E-state index contributed by atoms with van der Waals surface area (Å²) in [7, 11) is 0. The molecule has 4 aromatic rings. The zero-order valence-electron chi connectivity index (χ0n) is 18.6. The van der Waals surface area contributed by atoms with Crippen molar-refractivity contribution in [3.8, 4) is 5.75 Å². The number of rotatable bonds is 6. The summed E-state index contributed by atoms with van der Waals surface area (Å²) in [4.78, 5) is 36.7. The van der Waals surface area contributed by atoms with Crippen LogP contribution in [0.15, 0.2) is 65.8 Å². The van der Waals surface area contributed by atoms with Crippen LogP contribution in [-0.2, 0) is 9.59 Å². The van der Waals surface area contributed by atoms with Gasteiger partial charge in [0.15, 0.2) is 10.9 Å². The van der Waals surface area contributed by atoms with Crippen molar-refractivity contribution in [3.05, 3.63) is 82.8 Å². The molecule has 0 spiro atoms. The summed E-state index contributed by atoms with van der Waals surface area (Å²) >= 11 is 1.25. The van der Waals surface area contributed by atoms with Gasteiger partial charge in [-0.2, -0.15) is 0 Å². The average molecular weight is 475 g/mol. The third-order valence-corrected chi connectivity index (χ3v) is 6.42. The highest BCUT2D eigenvalue weighted by molar-refractivity contribution is 7.14. The van der Waals surface area contributed by atoms with Crippen molar-refractivity contribution in [3.63, 3.8) is 0 Å². The molecule has 0 aliphatic carbocycles. The molecular formula is C25H22N4O4S. The molecule has 1 aliphatic heterocycles. The number of imidazole rings is 1. The lowest BCUT2D eigenvalue weighted by Crippen LogP contribution is -2.29. The van der Waals surface area contributed by atoms with E-state index in [2.05, 4.69) is 9.97 Å². The van der Waals surface area contributed by atoms with Crippen LogP contribution in [0.3, 0.4) is 0 Å². The van der Waals surface area contributed by atoms with Gasteiger partial charge in [-0.3, -0.25) is 18.9 Å². The first kappa shape index (κ1) is 21.8. The summed E-state index contributed by atoms with van der Waals surface area (Å²) in [6.07, 6.45) is 4.18. The van der Waals surface area contributed by atoms with Crippen LogP contribution in [0.4, 0.5) is 5.13 Å². The molecule has 1 aliphatic rings. The van der Waals surface area contributed by atoms with Crippen molar-refractivity contribution in [1.29, 1.82) is 0 Å². The van der Waals surface area contributed by atoms with Crippen LogP contribution in [-0.4, -0.2) is 37.8 Å². The fourth-order valence-corrected chi connectivity index (χ4v) is 4.87. The quantitative estimate of drug-likeness (QED) is 0.251. The highest BCUT2D eigenvalue weighted by Crippen LogP contribution is 2.43. The van der Waals surface area contributed by atoms with E-state index in [1.54, 1.807) is 35.2 Å². The third-order valence-electron chi connectivity index (χ3n) is 5.65. The van der Waals surface area contributed by atoms with E-state index >= 15 is 0 Å². The fourth-order valence-electron chi connectivity index (χ4n) is 4.20. The van der Waals surface area contributed by atoms with E-state index in [1.807, 2.05) is 43.3 Å². The number of carbonyl (C=O) groups is 2. The van der Waals surface area contributed by atoms with Crippen molar-refractivity contribution in [2.45, 2.75) is 26.3 Å². The van der Waals surface area contributed by atoms with Crippen LogP contribution in [0.5, 0.6) is 5.75 Å². The monoisotopic (exact) mass is 474 g/mol. The summed E-state index contributed by atoms with van der Waals surface area (Å²) in [5.74, 6) is -1.18. The van der Waals surface area contributed by atoms with E-state index in [9.17, 15) is 14.7 Å². The molecule has 172 valence electrons. The molecule has 1 saturated heterocycles. The number of carbonyl (C=O) groups excluding carboxylic acids is 2. The standard InChI is InChI=1S/C25H22N4O4S/c1-3-12-33-17-8-6-7-16(14-17)21-19(23(31)24(32)29(21)25-26-10-13-34-25)22(30)20-15(2)27-18-9-4-5-11-28(18)20/h4-11,13-14,21,30H,3,12H2,1-2H3. The zero-order valence-corrected chi connectivity index (χ0v) is 19.5. The van der Waals surface area contributed by atoms with Crippen LogP contribution in [0.2, 0.25) is 0 Å². The molecular weight excluding hydrogens is 452 g/mol. The van der Waals surface area contributed by atoms with E-state index in [0.717, 1.165) is 6.42 Å². The molecule has 3 aromatic heterocycles. The number of fused-ring (bicyclic) bond motifs is 1. The van der Waals surface area contributed by atoms with E-state index in [0.29, 0.717) is 40.1 Å². The number of benzene rings is 1. The SMILES string of the molecule is CCCOc1cccc(C2C(=C(O)c3c(C)nc4ccccn34)C(=O)C(=O)N2c2nccs2)c1. The minimum absolute atomic E-state index is 0.0124. The Morgan fingerprint density at radius 1 is 1.21 bits per heavy atom. The number of pyridine rings is 1. The largest absolute Gasteiger partial charge is 0.505 e. The Bertz CT molecular complexity index is 1420. The average Bonchev–Trinajstić information content (AvgIpc) is 3.54. The van der Waals surface area contributed by atoms with Gasteiger partial charge >= 0.3 is 5.91 Å². The van der Waals surface area contributed by atoms with Gasteiger partial charge in [-0.1, -0.05) is 25.1 Å². The summed E-state index contributed by atoms with van der Waals surface area (Å²) in [5, 5.41) is 13.6. The number of ether oxygens (including phenoxy) is 1. The number of anilines is 1. The number of Topliss-reactive ketones (excluding diaryl/α,β-unsaturated/α-hetero) is 1. The second-order valence-electron chi connectivity index (χ2n) is 7.88. The Kier molecular flexibility index (Phi) is 5.62. The number of thiazole rings is 1. The summed E-state index contributed by atoms with van der Waals surface area (Å²) in [6.45, 7) is 4.31. The fraction of sp³-hybridized carbons (Fsp3) is 0.200. The van der Waals surface area contributed by atoms with E-state index in [4.69, 9.17) is 4.74 Å². The molecule has 8 nitrogen and oxygen atoms in total. The van der Waals surface area contributed by atoms with E-state index < -0.39 is 17.7 Å². The Hall–Kier alpha value is -3.98. The van der Waals surface area contributed by atoms with Gasteiger partial charge in [0.05, 0.1) is 23.9 Å². The highest BCUT2D eigenvalue weighted by Gasteiger charge is 2.48. The molecule has 0 radical (unpaired) electrons. The number of hydrogen-bond acceptors (Lipinski definition) is 7. The van der Waals surface area contributed by atoms with Crippen LogP contribution in [0, 0.1) is 6.92 Å². The smallest absolute Gasteiger partial charge is 0.301 e. The lowest BCUT2D eigenvalue weighted by atomic mass is 9.96. The number of aryl methyl sites for hydroxylation is 1. The minimum atomic E-state index is -0.870. The van der Waals surface area contributed by atoms with Gasteiger partial charge < -0.3 is 9.84 Å². The van der Waals surface area contributed by atoms with Gasteiger partial charge in [-0.15, -0.1) is 11.3 Å². The number of aliphatic hydroxyl groups is 1. The topological polar surface area (TPSA) is 97.0 Å². The lowest BCUT2D eigenvalue weighted by molar-refractivity contribution is -0.132. The molecule has 4 heterocycles. The van der Waals surface area contributed by atoms with Crippen LogP contribution < -0.4 is 9.64 Å². The van der Waals surface area contributed by atoms with Gasteiger partial charge in [-0.25, -0.2) is 9.97 Å². The molecule has 0 saturated carbocycles. The predicted molar refractivity (Wildman–Crippen MR) is 129 cm³/mol. The van der Waals surface area contributed by atoms with Gasteiger partial charge in [0, 0.05) is 17.8 Å². The predicted octanol–water partition coefficient (Wildman–Crippen LogP) is 4.51. The first-order valence-corrected chi connectivity index (χ1v) is 11.8. The maximum Gasteiger partial charge on any atom is 0.301 e. The number of amides is 1. The molecule has 1 amide bonds. The molecule has 1 unspecified atom stereocenters. The molecule has 34 heavy (non-hydrogen) atoms. The van der Waals surface area contributed by atoms with Crippen LogP contribution in [0.1, 0.15) is 36.3 Å². The number of aromatic nitrogens is 3. The maximum absolute atomic E-state index is 13.3. The zero-order chi connectivity index (χ0) is 23.8. The Morgan fingerprint density at radius 2 is 2.06 bits per heavy atom.